The molecule has 0 spiro atoms. The third-order valence-electron chi connectivity index (χ3n) is 4.04. The molecule has 0 aromatic carbocycles. The van der Waals surface area contributed by atoms with Crippen molar-refractivity contribution in [3.8, 4) is 0 Å². The van der Waals surface area contributed by atoms with Gasteiger partial charge in [-0.1, -0.05) is 0 Å². The number of morpholine rings is 1. The average Bonchev–Trinajstić information content (AvgIpc) is 3.24. The monoisotopic (exact) mass is 292 g/mol. The predicted molar refractivity (Wildman–Crippen MR) is 79.1 cm³/mol. The molecule has 2 heterocycles. The van der Waals surface area contributed by atoms with Crippen LogP contribution in [-0.2, 0) is 16.1 Å². The Morgan fingerprint density at radius 2 is 2.43 bits per heavy atom. The highest BCUT2D eigenvalue weighted by Crippen LogP contribution is 2.39. The van der Waals surface area contributed by atoms with E-state index in [0.29, 0.717) is 19.6 Å². The van der Waals surface area contributed by atoms with Crippen molar-refractivity contribution >= 4 is 5.91 Å². The van der Waals surface area contributed by atoms with E-state index < -0.39 is 0 Å². The average molecular weight is 292 g/mol. The highest BCUT2D eigenvalue weighted by atomic mass is 16.5. The molecule has 0 unspecified atom stereocenters. The molecule has 0 radical (unpaired) electrons. The maximum absolute atomic E-state index is 11.8. The van der Waals surface area contributed by atoms with Crippen LogP contribution >= 0.6 is 0 Å². The summed E-state index contributed by atoms with van der Waals surface area (Å²) in [5.74, 6) is 0.820. The van der Waals surface area contributed by atoms with Gasteiger partial charge in [-0.25, -0.2) is 0 Å². The van der Waals surface area contributed by atoms with Gasteiger partial charge in [-0.15, -0.1) is 0 Å². The highest BCUT2D eigenvalue weighted by molar-refractivity contribution is 5.76. The first-order valence-corrected chi connectivity index (χ1v) is 7.92. The minimum absolute atomic E-state index is 0.0980. The van der Waals surface area contributed by atoms with Gasteiger partial charge in [0, 0.05) is 49.9 Å². The summed E-state index contributed by atoms with van der Waals surface area (Å²) in [6.45, 7) is 3.79. The van der Waals surface area contributed by atoms with E-state index >= 15 is 0 Å². The summed E-state index contributed by atoms with van der Waals surface area (Å²) >= 11 is 0. The summed E-state index contributed by atoms with van der Waals surface area (Å²) in [5.41, 5.74) is 1.35. The van der Waals surface area contributed by atoms with Crippen LogP contribution in [0, 0.1) is 0 Å². The van der Waals surface area contributed by atoms with Crippen LogP contribution < -0.4 is 10.6 Å². The first-order chi connectivity index (χ1) is 10.3. The molecule has 1 amide bonds. The number of nitrogens with zero attached hydrogens (tertiary/aromatic N) is 2. The van der Waals surface area contributed by atoms with E-state index in [1.807, 2.05) is 6.20 Å². The smallest absolute Gasteiger partial charge is 0.221 e. The Hall–Kier alpha value is -1.40. The second kappa shape index (κ2) is 7.04. The molecular weight excluding hydrogens is 268 g/mol. The molecule has 6 nitrogen and oxygen atoms in total. The van der Waals surface area contributed by atoms with Crippen molar-refractivity contribution in [1.82, 2.24) is 20.4 Å². The Morgan fingerprint density at radius 1 is 1.52 bits per heavy atom. The van der Waals surface area contributed by atoms with Crippen LogP contribution in [0.5, 0.6) is 0 Å². The fraction of sp³-hybridized carbons (Fsp3) is 0.733. The van der Waals surface area contributed by atoms with Crippen LogP contribution in [0.2, 0.25) is 0 Å². The minimum atomic E-state index is 0.0980. The van der Waals surface area contributed by atoms with E-state index in [2.05, 4.69) is 26.5 Å². The van der Waals surface area contributed by atoms with Crippen molar-refractivity contribution in [2.45, 2.75) is 44.2 Å². The lowest BCUT2D eigenvalue weighted by atomic mass is 10.2. The summed E-state index contributed by atoms with van der Waals surface area (Å²) in [4.78, 5) is 11.8. The third kappa shape index (κ3) is 4.28. The van der Waals surface area contributed by atoms with Crippen LogP contribution in [0.3, 0.4) is 0 Å². The van der Waals surface area contributed by atoms with Gasteiger partial charge >= 0.3 is 0 Å². The lowest BCUT2D eigenvalue weighted by Gasteiger charge is -2.23. The first kappa shape index (κ1) is 14.5. The Kier molecular flexibility index (Phi) is 4.87. The third-order valence-corrected chi connectivity index (χ3v) is 4.04. The molecule has 1 aromatic heterocycles. The summed E-state index contributed by atoms with van der Waals surface area (Å²) in [6, 6.07) is 2.27. The lowest BCUT2D eigenvalue weighted by Crippen LogP contribution is -2.44. The molecule has 1 aliphatic carbocycles. The van der Waals surface area contributed by atoms with Crippen molar-refractivity contribution in [2.75, 3.05) is 26.3 Å². The van der Waals surface area contributed by atoms with Crippen LogP contribution in [-0.4, -0.2) is 48.0 Å². The number of aromatic nitrogens is 2. The molecular formula is C15H24N4O2. The molecule has 2 fully saturated rings. The quantitative estimate of drug-likeness (QED) is 0.724. The van der Waals surface area contributed by atoms with Crippen molar-refractivity contribution in [3.05, 3.63) is 18.0 Å². The molecule has 3 rings (SSSR count). The zero-order valence-electron chi connectivity index (χ0n) is 12.4. The van der Waals surface area contributed by atoms with E-state index in [1.54, 1.807) is 0 Å². The summed E-state index contributed by atoms with van der Waals surface area (Å²) in [7, 11) is 0. The zero-order valence-corrected chi connectivity index (χ0v) is 12.4. The van der Waals surface area contributed by atoms with Gasteiger partial charge in [0.1, 0.15) is 0 Å². The van der Waals surface area contributed by atoms with E-state index in [-0.39, 0.29) is 11.9 Å². The van der Waals surface area contributed by atoms with Gasteiger partial charge in [0.2, 0.25) is 5.91 Å². The second-order valence-corrected chi connectivity index (χ2v) is 5.89. The summed E-state index contributed by atoms with van der Waals surface area (Å²) in [5, 5.41) is 10.6. The Balaban J connectivity index is 1.32. The van der Waals surface area contributed by atoms with E-state index in [0.717, 1.165) is 32.0 Å². The molecule has 1 saturated heterocycles. The Bertz CT molecular complexity index is 464. The standard InChI is InChI=1S/C15H24N4O2/c20-15(10-13-11-21-9-7-16-13)17-5-1-8-19-14(4-6-18-19)12-2-3-12/h4,6,12-13,16H,1-3,5,7-11H2,(H,17,20)/t13-/m0/s1. The largest absolute Gasteiger partial charge is 0.378 e. The first-order valence-electron chi connectivity index (χ1n) is 7.92. The minimum Gasteiger partial charge on any atom is -0.378 e. The van der Waals surface area contributed by atoms with Crippen LogP contribution in [0.1, 0.15) is 37.3 Å². The normalized spacial score (nSPS) is 22.2. The number of aryl methyl sites for hydroxylation is 1. The molecule has 116 valence electrons. The summed E-state index contributed by atoms with van der Waals surface area (Å²) < 4.78 is 7.43. The van der Waals surface area contributed by atoms with E-state index in [1.165, 1.54) is 18.5 Å². The Morgan fingerprint density at radius 3 is 3.19 bits per heavy atom. The van der Waals surface area contributed by atoms with Crippen molar-refractivity contribution in [3.63, 3.8) is 0 Å². The second-order valence-electron chi connectivity index (χ2n) is 5.89. The zero-order chi connectivity index (χ0) is 14.5. The maximum Gasteiger partial charge on any atom is 0.221 e. The van der Waals surface area contributed by atoms with Gasteiger partial charge < -0.3 is 15.4 Å². The number of hydrogen-bond donors (Lipinski definition) is 2. The van der Waals surface area contributed by atoms with Gasteiger partial charge in [0.25, 0.3) is 0 Å². The topological polar surface area (TPSA) is 68.2 Å². The molecule has 6 heteroatoms. The van der Waals surface area contributed by atoms with Gasteiger partial charge in [-0.2, -0.15) is 5.10 Å². The number of rotatable bonds is 7. The van der Waals surface area contributed by atoms with Crippen molar-refractivity contribution in [2.24, 2.45) is 0 Å². The highest BCUT2D eigenvalue weighted by Gasteiger charge is 2.26. The fourth-order valence-corrected chi connectivity index (χ4v) is 2.76. The SMILES string of the molecule is O=C(C[C@H]1COCCN1)NCCCn1nccc1C1CC1. The lowest BCUT2D eigenvalue weighted by molar-refractivity contribution is -0.122. The molecule has 1 aliphatic heterocycles. The van der Waals surface area contributed by atoms with Gasteiger partial charge in [-0.3, -0.25) is 9.48 Å². The van der Waals surface area contributed by atoms with Gasteiger partial charge in [0.05, 0.1) is 13.2 Å². The number of amides is 1. The number of carbonyl (C=O) groups excluding carboxylic acids is 1. The van der Waals surface area contributed by atoms with Crippen molar-refractivity contribution < 1.29 is 9.53 Å². The number of nitrogens with one attached hydrogen (secondary N) is 2. The van der Waals surface area contributed by atoms with Gasteiger partial charge in [-0.05, 0) is 25.3 Å². The molecule has 21 heavy (non-hydrogen) atoms. The Labute approximate surface area is 125 Å². The molecule has 2 aliphatic rings. The summed E-state index contributed by atoms with van der Waals surface area (Å²) in [6.07, 6.45) is 5.87. The van der Waals surface area contributed by atoms with E-state index in [4.69, 9.17) is 4.74 Å². The van der Waals surface area contributed by atoms with Gasteiger partial charge in [0.15, 0.2) is 0 Å². The molecule has 1 atom stereocenters. The number of hydrogen-bond acceptors (Lipinski definition) is 4. The van der Waals surface area contributed by atoms with Crippen LogP contribution in [0.15, 0.2) is 12.3 Å². The van der Waals surface area contributed by atoms with Crippen molar-refractivity contribution in [1.29, 1.82) is 0 Å². The van der Waals surface area contributed by atoms with E-state index in [9.17, 15) is 4.79 Å². The fourth-order valence-electron chi connectivity index (χ4n) is 2.76. The number of ether oxygens (including phenoxy) is 1. The molecule has 0 bridgehead atoms. The predicted octanol–water partition coefficient (Wildman–Crippen LogP) is 0.645. The molecule has 2 N–H and O–H groups in total. The van der Waals surface area contributed by atoms with Crippen LogP contribution in [0.25, 0.3) is 0 Å². The maximum atomic E-state index is 11.8. The van der Waals surface area contributed by atoms with Crippen LogP contribution in [0.4, 0.5) is 0 Å². The molecule has 1 aromatic rings. The molecule has 1 saturated carbocycles. The number of carbonyl (C=O) groups is 1.